The summed E-state index contributed by atoms with van der Waals surface area (Å²) >= 11 is 0. The lowest BCUT2D eigenvalue weighted by Crippen LogP contribution is -2.41. The van der Waals surface area contributed by atoms with E-state index in [4.69, 9.17) is 30.4 Å². The van der Waals surface area contributed by atoms with E-state index in [1.54, 1.807) is 18.2 Å². The summed E-state index contributed by atoms with van der Waals surface area (Å²) in [6.07, 6.45) is -4.32. The number of ether oxygens (including phenoxy) is 1. The van der Waals surface area contributed by atoms with Gasteiger partial charge < -0.3 is 36.0 Å². The van der Waals surface area contributed by atoms with Crippen LogP contribution in [0.4, 0.5) is 5.82 Å². The molecule has 1 aliphatic rings. The van der Waals surface area contributed by atoms with E-state index in [0.29, 0.717) is 5.52 Å². The molecule has 0 saturated carbocycles. The Morgan fingerprint density at radius 1 is 1.31 bits per heavy atom. The zero-order valence-corrected chi connectivity index (χ0v) is 19.5. The number of carboxylic acids is 1. The van der Waals surface area contributed by atoms with Crippen LogP contribution < -0.4 is 16.0 Å². The second-order valence-corrected chi connectivity index (χ2v) is 10.1. The lowest BCUT2D eigenvalue weighted by molar-refractivity contribution is -0.138. The second-order valence-electron chi connectivity index (χ2n) is 8.04. The number of aliphatic carboxylic acids is 1. The molecule has 1 fully saturated rings. The van der Waals surface area contributed by atoms with Crippen molar-refractivity contribution in [1.29, 1.82) is 5.26 Å². The van der Waals surface area contributed by atoms with Crippen LogP contribution in [-0.4, -0.2) is 73.0 Å². The second kappa shape index (κ2) is 9.82. The molecular weight excluding hydrogens is 495 g/mol. The van der Waals surface area contributed by atoms with Crippen LogP contribution in [0.5, 0.6) is 5.75 Å². The quantitative estimate of drug-likeness (QED) is 0.232. The van der Waals surface area contributed by atoms with E-state index in [1.807, 2.05) is 6.07 Å². The van der Waals surface area contributed by atoms with E-state index >= 15 is 0 Å². The fourth-order valence-electron chi connectivity index (χ4n) is 3.81. The summed E-state index contributed by atoms with van der Waals surface area (Å²) in [6.45, 7) is -0.626. The van der Waals surface area contributed by atoms with Gasteiger partial charge in [0.05, 0.1) is 18.5 Å². The number of nitriles is 1. The minimum Gasteiger partial charge on any atom is -0.480 e. The number of nitrogen functional groups attached to an aromatic ring is 1. The summed E-state index contributed by atoms with van der Waals surface area (Å²) in [4.78, 5) is 15.1. The zero-order valence-electron chi connectivity index (χ0n) is 18.6. The van der Waals surface area contributed by atoms with Crippen LogP contribution in [0.25, 0.3) is 5.52 Å². The van der Waals surface area contributed by atoms with Crippen molar-refractivity contribution in [3.05, 3.63) is 54.5 Å². The standard InChI is InChI=1S/C21H23N6O8P/c22-10-21(16-7-6-14-19(24)25-11-26-27(14)16)18(29)17(28)15(34-21)8-33-36(32,9-13(23)20(30)31)35-12-4-2-1-3-5-12/h1-7,11,13,15,17-18,28-29H,8-9,23H2,(H,30,31)(H2,24,25,26)/t13-,15+,17+,18+,21-,36?/m0/s1. The van der Waals surface area contributed by atoms with Crippen molar-refractivity contribution in [2.24, 2.45) is 5.73 Å². The molecule has 36 heavy (non-hydrogen) atoms. The Kier molecular flexibility index (Phi) is 6.96. The van der Waals surface area contributed by atoms with E-state index in [9.17, 15) is 24.8 Å². The molecule has 2 aromatic heterocycles. The Labute approximate surface area is 204 Å². The predicted octanol–water partition coefficient (Wildman–Crippen LogP) is -0.148. The smallest absolute Gasteiger partial charge is 0.381 e. The Balaban J connectivity index is 1.59. The number of nitrogens with zero attached hydrogens (tertiary/aromatic N) is 4. The van der Waals surface area contributed by atoms with Gasteiger partial charge in [0.2, 0.25) is 5.60 Å². The third-order valence-electron chi connectivity index (χ3n) is 5.65. The van der Waals surface area contributed by atoms with Crippen molar-refractivity contribution >= 4 is 24.9 Å². The number of aromatic nitrogens is 3. The molecule has 7 N–H and O–H groups in total. The van der Waals surface area contributed by atoms with Gasteiger partial charge in [-0.15, -0.1) is 0 Å². The summed E-state index contributed by atoms with van der Waals surface area (Å²) in [5.41, 5.74) is 9.72. The molecule has 0 bridgehead atoms. The van der Waals surface area contributed by atoms with Crippen molar-refractivity contribution in [3.8, 4) is 11.8 Å². The van der Waals surface area contributed by atoms with Gasteiger partial charge >= 0.3 is 13.6 Å². The molecule has 14 nitrogen and oxygen atoms in total. The highest BCUT2D eigenvalue weighted by Gasteiger charge is 2.58. The molecule has 1 unspecified atom stereocenters. The highest BCUT2D eigenvalue weighted by atomic mass is 31.2. The van der Waals surface area contributed by atoms with Gasteiger partial charge in [-0.1, -0.05) is 18.2 Å². The first-order valence-corrected chi connectivity index (χ1v) is 12.3. The monoisotopic (exact) mass is 518 g/mol. The summed E-state index contributed by atoms with van der Waals surface area (Å²) < 4.78 is 31.4. The van der Waals surface area contributed by atoms with Gasteiger partial charge in [0.25, 0.3) is 0 Å². The number of aliphatic hydroxyl groups excluding tert-OH is 2. The van der Waals surface area contributed by atoms with E-state index in [1.165, 1.54) is 28.8 Å². The summed E-state index contributed by atoms with van der Waals surface area (Å²) in [5.74, 6) is -1.17. The SMILES string of the molecule is N#C[C@@]1(c2ccc3c(N)ncnn23)O[C@H](COP(=O)(C[C@H](N)C(=O)O)Oc2ccccc2)[C@@H](O)[C@H]1O. The number of aliphatic hydroxyl groups is 2. The fourth-order valence-corrected chi connectivity index (χ4v) is 5.50. The highest BCUT2D eigenvalue weighted by Crippen LogP contribution is 2.50. The van der Waals surface area contributed by atoms with E-state index in [0.717, 1.165) is 6.33 Å². The molecule has 1 aliphatic heterocycles. The lowest BCUT2D eigenvalue weighted by atomic mass is 9.92. The molecule has 6 atom stereocenters. The molecule has 4 rings (SSSR count). The van der Waals surface area contributed by atoms with Crippen LogP contribution in [0.3, 0.4) is 0 Å². The summed E-state index contributed by atoms with van der Waals surface area (Å²) in [7, 11) is -4.21. The first kappa shape index (κ1) is 25.5. The average molecular weight is 518 g/mol. The predicted molar refractivity (Wildman–Crippen MR) is 123 cm³/mol. The van der Waals surface area contributed by atoms with Gasteiger partial charge in [-0.25, -0.2) is 14.1 Å². The number of nitrogens with two attached hydrogens (primary N) is 2. The topological polar surface area (TPSA) is 229 Å². The van der Waals surface area contributed by atoms with Crippen LogP contribution >= 0.6 is 7.60 Å². The largest absolute Gasteiger partial charge is 0.480 e. The van der Waals surface area contributed by atoms with Crippen LogP contribution in [-0.2, 0) is 24.2 Å². The molecule has 1 saturated heterocycles. The number of anilines is 1. The minimum atomic E-state index is -4.21. The molecule has 15 heteroatoms. The summed E-state index contributed by atoms with van der Waals surface area (Å²) in [5, 5.41) is 44.7. The Morgan fingerprint density at radius 2 is 2.03 bits per heavy atom. The number of fused-ring (bicyclic) bond motifs is 1. The van der Waals surface area contributed by atoms with Crippen LogP contribution in [0, 0.1) is 11.3 Å². The van der Waals surface area contributed by atoms with Crippen molar-refractivity contribution < 1.29 is 38.5 Å². The normalized spacial score (nSPS) is 26.2. The van der Waals surface area contributed by atoms with Crippen molar-refractivity contribution in [2.45, 2.75) is 30.0 Å². The molecule has 190 valence electrons. The zero-order chi connectivity index (χ0) is 26.1. The van der Waals surface area contributed by atoms with Gasteiger partial charge in [0.1, 0.15) is 48.0 Å². The van der Waals surface area contributed by atoms with Crippen LogP contribution in [0.15, 0.2) is 48.8 Å². The average Bonchev–Trinajstić information content (AvgIpc) is 3.39. The Hall–Kier alpha value is -3.57. The van der Waals surface area contributed by atoms with Gasteiger partial charge in [0.15, 0.2) is 5.82 Å². The molecule has 0 spiro atoms. The van der Waals surface area contributed by atoms with E-state index < -0.39 is 56.3 Å². The van der Waals surface area contributed by atoms with Gasteiger partial charge in [-0.3, -0.25) is 9.32 Å². The van der Waals surface area contributed by atoms with Crippen molar-refractivity contribution in [3.63, 3.8) is 0 Å². The maximum Gasteiger partial charge on any atom is 0.381 e. The number of rotatable bonds is 9. The Morgan fingerprint density at radius 3 is 2.69 bits per heavy atom. The minimum absolute atomic E-state index is 0.0692. The number of carbonyl (C=O) groups is 1. The van der Waals surface area contributed by atoms with Crippen molar-refractivity contribution in [1.82, 2.24) is 14.6 Å². The third kappa shape index (κ3) is 4.63. The molecule has 3 heterocycles. The summed E-state index contributed by atoms with van der Waals surface area (Å²) in [6, 6.07) is 11.1. The van der Waals surface area contributed by atoms with Crippen molar-refractivity contribution in [2.75, 3.05) is 18.5 Å². The maximum atomic E-state index is 13.4. The fraction of sp³-hybridized carbons (Fsp3) is 0.333. The number of hydrogen-bond acceptors (Lipinski definition) is 12. The van der Waals surface area contributed by atoms with Crippen LogP contribution in [0.2, 0.25) is 0 Å². The first-order chi connectivity index (χ1) is 17.1. The number of hydrogen-bond donors (Lipinski definition) is 5. The lowest BCUT2D eigenvalue weighted by Gasteiger charge is -2.25. The highest BCUT2D eigenvalue weighted by molar-refractivity contribution is 7.54. The number of carboxylic acid groups (broad SMARTS) is 1. The van der Waals surface area contributed by atoms with Gasteiger partial charge in [-0.2, -0.15) is 10.4 Å². The van der Waals surface area contributed by atoms with Gasteiger partial charge in [-0.05, 0) is 24.3 Å². The third-order valence-corrected chi connectivity index (χ3v) is 7.52. The molecule has 0 aliphatic carbocycles. The molecule has 1 aromatic carbocycles. The maximum absolute atomic E-state index is 13.4. The van der Waals surface area contributed by atoms with E-state index in [2.05, 4.69) is 10.1 Å². The molecule has 0 amide bonds. The molecular formula is C21H23N6O8P. The number of para-hydroxylation sites is 1. The van der Waals surface area contributed by atoms with E-state index in [-0.39, 0.29) is 17.3 Å². The molecule has 3 aromatic rings. The van der Waals surface area contributed by atoms with Gasteiger partial charge in [0, 0.05) is 0 Å². The van der Waals surface area contributed by atoms with Crippen LogP contribution in [0.1, 0.15) is 5.69 Å². The number of benzene rings is 1. The Bertz CT molecular complexity index is 1350. The first-order valence-electron chi connectivity index (χ1n) is 10.6. The molecule has 0 radical (unpaired) electrons.